The Balaban J connectivity index is 1.19. The summed E-state index contributed by atoms with van der Waals surface area (Å²) >= 11 is 0. The first-order chi connectivity index (χ1) is 15.9. The summed E-state index contributed by atoms with van der Waals surface area (Å²) in [6.07, 6.45) is 4.37. The van der Waals surface area contributed by atoms with E-state index in [1.54, 1.807) is 11.1 Å². The Hall–Kier alpha value is -2.80. The number of amides is 1. The summed E-state index contributed by atoms with van der Waals surface area (Å²) in [7, 11) is 1.84. The molecule has 1 spiro atoms. The van der Waals surface area contributed by atoms with Gasteiger partial charge in [0.1, 0.15) is 5.82 Å². The molecule has 7 heteroatoms. The van der Waals surface area contributed by atoms with Gasteiger partial charge in [-0.3, -0.25) is 9.69 Å². The minimum Gasteiger partial charge on any atom is -0.373 e. The van der Waals surface area contributed by atoms with E-state index in [-0.39, 0.29) is 24.2 Å². The third-order valence-electron chi connectivity index (χ3n) is 7.90. The van der Waals surface area contributed by atoms with Crippen molar-refractivity contribution in [2.75, 3.05) is 38.5 Å². The zero-order valence-corrected chi connectivity index (χ0v) is 19.2. The quantitative estimate of drug-likeness (QED) is 0.749. The van der Waals surface area contributed by atoms with Crippen LogP contribution in [0.2, 0.25) is 0 Å². The Morgan fingerprint density at radius 3 is 2.58 bits per heavy atom. The minimum absolute atomic E-state index is 0.232. The number of nitrogens with zero attached hydrogens (tertiary/aromatic N) is 3. The summed E-state index contributed by atoms with van der Waals surface area (Å²) in [6.45, 7) is 2.91. The van der Waals surface area contributed by atoms with E-state index in [0.29, 0.717) is 45.4 Å². The van der Waals surface area contributed by atoms with Crippen molar-refractivity contribution in [2.24, 2.45) is 0 Å². The highest BCUT2D eigenvalue weighted by Gasteiger charge is 2.49. The number of fused-ring (bicyclic) bond motifs is 2. The standard InChI is InChI=1S/C26H32FN5O/c1-29-23-16-19(6-11-30-23)18-31-12-9-26(27,10-13-31)24(33)32-14-7-25(8-15-32)21-5-3-2-4-20(21)17-22(25)28/h2-6,11,16,28H,7-10,12-15,17-18H2,1H3,(H,29,30). The van der Waals surface area contributed by atoms with Crippen molar-refractivity contribution in [2.45, 2.75) is 49.7 Å². The van der Waals surface area contributed by atoms with Crippen LogP contribution in [-0.4, -0.2) is 65.3 Å². The second-order valence-electron chi connectivity index (χ2n) is 9.73. The lowest BCUT2D eigenvalue weighted by Gasteiger charge is -2.43. The zero-order valence-electron chi connectivity index (χ0n) is 19.2. The van der Waals surface area contributed by atoms with Gasteiger partial charge in [0.15, 0.2) is 5.67 Å². The summed E-state index contributed by atoms with van der Waals surface area (Å²) in [6, 6.07) is 12.3. The van der Waals surface area contributed by atoms with Gasteiger partial charge in [0.05, 0.1) is 0 Å². The maximum Gasteiger partial charge on any atom is 0.260 e. The van der Waals surface area contributed by atoms with Crippen LogP contribution >= 0.6 is 0 Å². The van der Waals surface area contributed by atoms with E-state index in [9.17, 15) is 4.79 Å². The number of piperidine rings is 2. The number of benzene rings is 1. The number of carbonyl (C=O) groups is 1. The van der Waals surface area contributed by atoms with Gasteiger partial charge in [-0.1, -0.05) is 24.3 Å². The molecule has 33 heavy (non-hydrogen) atoms. The van der Waals surface area contributed by atoms with Crippen LogP contribution in [0.4, 0.5) is 10.2 Å². The fraction of sp³-hybridized carbons (Fsp3) is 0.500. The summed E-state index contributed by atoms with van der Waals surface area (Å²) < 4.78 is 15.8. The fourth-order valence-electron chi connectivity index (χ4n) is 5.86. The van der Waals surface area contributed by atoms with Crippen molar-refractivity contribution in [3.63, 3.8) is 0 Å². The lowest BCUT2D eigenvalue weighted by molar-refractivity contribution is -0.149. The predicted molar refractivity (Wildman–Crippen MR) is 127 cm³/mol. The van der Waals surface area contributed by atoms with Gasteiger partial charge in [0.2, 0.25) is 0 Å². The molecule has 2 saturated heterocycles. The minimum atomic E-state index is -1.78. The SMILES string of the molecule is CNc1cc(CN2CCC(F)(C(=O)N3CCC4(CC3)C(=N)Cc3ccccc34)CC2)ccn1. The molecule has 1 amide bonds. The smallest absolute Gasteiger partial charge is 0.260 e. The van der Waals surface area contributed by atoms with Crippen LogP contribution in [0.25, 0.3) is 0 Å². The van der Waals surface area contributed by atoms with Crippen LogP contribution < -0.4 is 5.32 Å². The molecular formula is C26H32FN5O. The first-order valence-corrected chi connectivity index (χ1v) is 11.9. The van der Waals surface area contributed by atoms with Gasteiger partial charge in [-0.15, -0.1) is 0 Å². The predicted octanol–water partition coefficient (Wildman–Crippen LogP) is 3.56. The van der Waals surface area contributed by atoms with Crippen molar-refractivity contribution in [3.05, 3.63) is 59.3 Å². The maximum atomic E-state index is 15.8. The van der Waals surface area contributed by atoms with Crippen molar-refractivity contribution in [3.8, 4) is 0 Å². The number of halogens is 1. The average molecular weight is 450 g/mol. The van der Waals surface area contributed by atoms with Gasteiger partial charge in [-0.05, 0) is 41.7 Å². The third kappa shape index (κ3) is 3.92. The van der Waals surface area contributed by atoms with Crippen molar-refractivity contribution in [1.29, 1.82) is 5.41 Å². The number of nitrogens with one attached hydrogen (secondary N) is 2. The molecule has 0 bridgehead atoms. The van der Waals surface area contributed by atoms with Gasteiger partial charge < -0.3 is 15.6 Å². The van der Waals surface area contributed by atoms with E-state index in [0.717, 1.165) is 23.6 Å². The third-order valence-corrected chi connectivity index (χ3v) is 7.90. The van der Waals surface area contributed by atoms with Gasteiger partial charge in [0.25, 0.3) is 5.91 Å². The average Bonchev–Trinajstić information content (AvgIpc) is 3.12. The van der Waals surface area contributed by atoms with Gasteiger partial charge in [-0.2, -0.15) is 0 Å². The Labute approximate surface area is 194 Å². The fourth-order valence-corrected chi connectivity index (χ4v) is 5.86. The largest absolute Gasteiger partial charge is 0.373 e. The molecule has 0 saturated carbocycles. The maximum absolute atomic E-state index is 15.8. The summed E-state index contributed by atoms with van der Waals surface area (Å²) in [5, 5.41) is 11.7. The van der Waals surface area contributed by atoms with Crippen molar-refractivity contribution in [1.82, 2.24) is 14.8 Å². The van der Waals surface area contributed by atoms with Crippen LogP contribution in [-0.2, 0) is 23.2 Å². The van der Waals surface area contributed by atoms with Crippen LogP contribution in [0.15, 0.2) is 42.6 Å². The molecule has 2 fully saturated rings. The number of aromatic nitrogens is 1. The lowest BCUT2D eigenvalue weighted by Crippen LogP contribution is -2.56. The number of anilines is 1. The van der Waals surface area contributed by atoms with E-state index in [1.165, 1.54) is 11.1 Å². The normalized spacial score (nSPS) is 21.8. The molecule has 5 rings (SSSR count). The Morgan fingerprint density at radius 1 is 1.12 bits per heavy atom. The highest BCUT2D eigenvalue weighted by atomic mass is 19.1. The number of carbonyl (C=O) groups excluding carboxylic acids is 1. The van der Waals surface area contributed by atoms with Gasteiger partial charge in [-0.25, -0.2) is 9.37 Å². The molecular weight excluding hydrogens is 417 g/mol. The number of likely N-dealkylation sites (tertiary alicyclic amines) is 2. The van der Waals surface area contributed by atoms with E-state index in [2.05, 4.69) is 27.3 Å². The van der Waals surface area contributed by atoms with E-state index in [1.807, 2.05) is 31.3 Å². The topological polar surface area (TPSA) is 72.3 Å². The number of hydrogen-bond donors (Lipinski definition) is 2. The first-order valence-electron chi connectivity index (χ1n) is 11.9. The van der Waals surface area contributed by atoms with Crippen LogP contribution in [0, 0.1) is 5.41 Å². The van der Waals surface area contributed by atoms with Crippen LogP contribution in [0.1, 0.15) is 42.4 Å². The molecule has 1 aromatic heterocycles. The molecule has 0 atom stereocenters. The lowest BCUT2D eigenvalue weighted by atomic mass is 9.72. The highest BCUT2D eigenvalue weighted by Crippen LogP contribution is 2.44. The zero-order chi connectivity index (χ0) is 23.1. The molecule has 174 valence electrons. The monoisotopic (exact) mass is 449 g/mol. The molecule has 6 nitrogen and oxygen atoms in total. The number of rotatable bonds is 4. The Morgan fingerprint density at radius 2 is 1.85 bits per heavy atom. The summed E-state index contributed by atoms with van der Waals surface area (Å²) in [5.74, 6) is 0.469. The van der Waals surface area contributed by atoms with Crippen LogP contribution in [0.3, 0.4) is 0 Å². The molecule has 1 aliphatic carbocycles. The summed E-state index contributed by atoms with van der Waals surface area (Å²) in [4.78, 5) is 21.4. The number of alkyl halides is 1. The number of hydrogen-bond acceptors (Lipinski definition) is 5. The molecule has 3 aliphatic rings. The van der Waals surface area contributed by atoms with Crippen LogP contribution in [0.5, 0.6) is 0 Å². The van der Waals surface area contributed by atoms with Crippen molar-refractivity contribution < 1.29 is 9.18 Å². The Kier molecular flexibility index (Phi) is 5.69. The Bertz CT molecular complexity index is 1050. The molecule has 3 heterocycles. The van der Waals surface area contributed by atoms with Gasteiger partial charge in [0, 0.05) is 76.4 Å². The van der Waals surface area contributed by atoms with Crippen molar-refractivity contribution >= 4 is 17.4 Å². The molecule has 2 N–H and O–H groups in total. The summed E-state index contributed by atoms with van der Waals surface area (Å²) in [5.41, 5.74) is 2.30. The molecule has 2 aliphatic heterocycles. The van der Waals surface area contributed by atoms with E-state index < -0.39 is 5.67 Å². The second kappa shape index (κ2) is 8.52. The number of pyridine rings is 1. The van der Waals surface area contributed by atoms with E-state index in [4.69, 9.17) is 5.41 Å². The van der Waals surface area contributed by atoms with E-state index >= 15 is 4.39 Å². The second-order valence-corrected chi connectivity index (χ2v) is 9.73. The molecule has 1 aromatic carbocycles. The molecule has 2 aromatic rings. The molecule has 0 unspecified atom stereocenters. The highest BCUT2D eigenvalue weighted by molar-refractivity contribution is 5.99. The molecule has 0 radical (unpaired) electrons. The van der Waals surface area contributed by atoms with Gasteiger partial charge >= 0.3 is 0 Å². The first kappa shape index (κ1) is 22.0.